The molecule has 0 aliphatic heterocycles. The smallest absolute Gasteiger partial charge is 0.342 e. The van der Waals surface area contributed by atoms with E-state index in [4.69, 9.17) is 4.74 Å². The van der Waals surface area contributed by atoms with Crippen molar-refractivity contribution in [3.05, 3.63) is 42.5 Å². The quantitative estimate of drug-likeness (QED) is 0.432. The van der Waals surface area contributed by atoms with Crippen molar-refractivity contribution in [3.8, 4) is 5.75 Å². The molecule has 4 heteroatoms. The number of hydrogen-bond donors (Lipinski definition) is 1. The third-order valence-electron chi connectivity index (χ3n) is 1.46. The van der Waals surface area contributed by atoms with Crippen molar-refractivity contribution in [2.75, 3.05) is 6.61 Å². The standard InChI is InChI=1S/C10H10O3.BH3/c1-2-7-13-10(12)8-5-3-4-6-9(8)11;/h2-6,11H,1,7H2;1H3. The summed E-state index contributed by atoms with van der Waals surface area (Å²) >= 11 is 0. The van der Waals surface area contributed by atoms with Crippen LogP contribution in [0.1, 0.15) is 10.4 Å². The molecule has 0 aliphatic carbocycles. The molecule has 0 atom stereocenters. The van der Waals surface area contributed by atoms with Crippen LogP contribution >= 0.6 is 0 Å². The Hall–Kier alpha value is -1.71. The molecule has 14 heavy (non-hydrogen) atoms. The van der Waals surface area contributed by atoms with Gasteiger partial charge in [0.25, 0.3) is 0 Å². The van der Waals surface area contributed by atoms with E-state index in [1.54, 1.807) is 12.1 Å². The number of hydrogen-bond acceptors (Lipinski definition) is 3. The van der Waals surface area contributed by atoms with Crippen molar-refractivity contribution in [2.24, 2.45) is 0 Å². The predicted octanol–water partition coefficient (Wildman–Crippen LogP) is 0.551. The number of aromatic hydroxyl groups is 1. The maximum absolute atomic E-state index is 11.2. The van der Waals surface area contributed by atoms with Gasteiger partial charge < -0.3 is 9.84 Å². The number of ether oxygens (including phenoxy) is 1. The van der Waals surface area contributed by atoms with Gasteiger partial charge in [-0.2, -0.15) is 0 Å². The molecule has 0 radical (unpaired) electrons. The van der Waals surface area contributed by atoms with Crippen LogP contribution in [0.25, 0.3) is 0 Å². The number of benzene rings is 1. The molecule has 0 amide bonds. The fourth-order valence-corrected chi connectivity index (χ4v) is 0.859. The van der Waals surface area contributed by atoms with Gasteiger partial charge in [-0.15, -0.1) is 0 Å². The number of phenolic OH excluding ortho intramolecular Hbond substituents is 1. The topological polar surface area (TPSA) is 46.5 Å². The predicted molar refractivity (Wildman–Crippen MR) is 58.5 cm³/mol. The highest BCUT2D eigenvalue weighted by Gasteiger charge is 2.09. The first-order valence-corrected chi connectivity index (χ1v) is 3.81. The van der Waals surface area contributed by atoms with Crippen molar-refractivity contribution in [2.45, 2.75) is 0 Å². The molecule has 1 aromatic rings. The fraction of sp³-hybridized carbons (Fsp3) is 0.100. The summed E-state index contributed by atoms with van der Waals surface area (Å²) in [6, 6.07) is 6.23. The average Bonchev–Trinajstić information content (AvgIpc) is 2.15. The number of phenols is 1. The van der Waals surface area contributed by atoms with Gasteiger partial charge in [0.15, 0.2) is 0 Å². The molecule has 1 rings (SSSR count). The highest BCUT2D eigenvalue weighted by molar-refractivity contribution is 5.92. The van der Waals surface area contributed by atoms with Gasteiger partial charge in [-0.3, -0.25) is 0 Å². The van der Waals surface area contributed by atoms with Gasteiger partial charge in [-0.05, 0) is 12.1 Å². The van der Waals surface area contributed by atoms with Crippen LogP contribution in [0.3, 0.4) is 0 Å². The maximum atomic E-state index is 11.2. The molecular formula is C10H13BO3. The monoisotopic (exact) mass is 192 g/mol. The second-order valence-electron chi connectivity index (χ2n) is 2.40. The van der Waals surface area contributed by atoms with Crippen LogP contribution in [0.5, 0.6) is 5.75 Å². The average molecular weight is 192 g/mol. The van der Waals surface area contributed by atoms with E-state index in [-0.39, 0.29) is 26.3 Å². The zero-order valence-corrected chi connectivity index (χ0v) is 7.06. The van der Waals surface area contributed by atoms with E-state index in [9.17, 15) is 9.90 Å². The van der Waals surface area contributed by atoms with Gasteiger partial charge in [0.05, 0.1) is 8.41 Å². The third kappa shape index (κ3) is 2.97. The third-order valence-corrected chi connectivity index (χ3v) is 1.46. The molecule has 0 unspecified atom stereocenters. The Morgan fingerprint density at radius 2 is 2.14 bits per heavy atom. The minimum atomic E-state index is -0.544. The summed E-state index contributed by atoms with van der Waals surface area (Å²) in [5.74, 6) is -0.616. The molecule has 3 nitrogen and oxygen atoms in total. The van der Waals surface area contributed by atoms with E-state index in [1.165, 1.54) is 18.2 Å². The summed E-state index contributed by atoms with van der Waals surface area (Å²) in [6.45, 7) is 3.56. The van der Waals surface area contributed by atoms with Crippen LogP contribution in [0.15, 0.2) is 36.9 Å². The summed E-state index contributed by atoms with van der Waals surface area (Å²) in [6.07, 6.45) is 1.47. The lowest BCUT2D eigenvalue weighted by molar-refractivity contribution is 0.0546. The zero-order valence-electron chi connectivity index (χ0n) is 7.06. The minimum Gasteiger partial charge on any atom is -0.507 e. The molecule has 1 aromatic carbocycles. The molecule has 0 aromatic heterocycles. The summed E-state index contributed by atoms with van der Waals surface area (Å²) in [7, 11) is 0. The Balaban J connectivity index is 0.00000169. The van der Waals surface area contributed by atoms with Gasteiger partial charge in [-0.1, -0.05) is 24.8 Å². The number of carbonyl (C=O) groups excluding carboxylic acids is 1. The SMILES string of the molecule is B.C=CCOC(=O)c1ccccc1O. The van der Waals surface area contributed by atoms with E-state index in [0.717, 1.165) is 0 Å². The van der Waals surface area contributed by atoms with Crippen LogP contribution in [0.2, 0.25) is 0 Å². The van der Waals surface area contributed by atoms with Crippen LogP contribution in [0.4, 0.5) is 0 Å². The van der Waals surface area contributed by atoms with E-state index >= 15 is 0 Å². The summed E-state index contributed by atoms with van der Waals surface area (Å²) < 4.78 is 4.74. The van der Waals surface area contributed by atoms with Crippen molar-refractivity contribution in [1.29, 1.82) is 0 Å². The first-order valence-electron chi connectivity index (χ1n) is 3.81. The van der Waals surface area contributed by atoms with Crippen LogP contribution in [-0.4, -0.2) is 26.1 Å². The largest absolute Gasteiger partial charge is 0.507 e. The molecule has 0 heterocycles. The van der Waals surface area contributed by atoms with Gasteiger partial charge in [0, 0.05) is 0 Å². The van der Waals surface area contributed by atoms with Crippen molar-refractivity contribution >= 4 is 14.4 Å². The molecular weight excluding hydrogens is 179 g/mol. The Labute approximate surface area is 84.6 Å². The van der Waals surface area contributed by atoms with Crippen LogP contribution in [0, 0.1) is 0 Å². The second-order valence-corrected chi connectivity index (χ2v) is 2.40. The molecule has 0 fully saturated rings. The Kier molecular flexibility index (Phi) is 5.14. The first kappa shape index (κ1) is 12.3. The van der Waals surface area contributed by atoms with Crippen molar-refractivity contribution < 1.29 is 14.6 Å². The number of para-hydroxylation sites is 1. The van der Waals surface area contributed by atoms with E-state index in [1.807, 2.05) is 0 Å². The highest BCUT2D eigenvalue weighted by Crippen LogP contribution is 2.16. The lowest BCUT2D eigenvalue weighted by atomic mass is 10.2. The Bertz CT molecular complexity index is 323. The normalized spacial score (nSPS) is 8.57. The molecule has 0 saturated heterocycles. The molecule has 0 aliphatic rings. The molecule has 0 spiro atoms. The number of rotatable bonds is 3. The van der Waals surface area contributed by atoms with Gasteiger partial charge in [-0.25, -0.2) is 4.79 Å². The Morgan fingerprint density at radius 3 is 2.71 bits per heavy atom. The summed E-state index contributed by atoms with van der Waals surface area (Å²) in [4.78, 5) is 11.2. The van der Waals surface area contributed by atoms with Crippen LogP contribution < -0.4 is 0 Å². The molecule has 0 saturated carbocycles. The van der Waals surface area contributed by atoms with Gasteiger partial charge >= 0.3 is 5.97 Å². The minimum absolute atomic E-state index is 0. The van der Waals surface area contributed by atoms with E-state index in [0.29, 0.717) is 0 Å². The molecule has 0 bridgehead atoms. The Morgan fingerprint density at radius 1 is 1.50 bits per heavy atom. The highest BCUT2D eigenvalue weighted by atomic mass is 16.5. The van der Waals surface area contributed by atoms with Gasteiger partial charge in [0.2, 0.25) is 0 Å². The molecule has 1 N–H and O–H groups in total. The van der Waals surface area contributed by atoms with E-state index < -0.39 is 5.97 Å². The van der Waals surface area contributed by atoms with Crippen LogP contribution in [-0.2, 0) is 4.74 Å². The van der Waals surface area contributed by atoms with Gasteiger partial charge in [0.1, 0.15) is 17.9 Å². The number of esters is 1. The van der Waals surface area contributed by atoms with Crippen molar-refractivity contribution in [3.63, 3.8) is 0 Å². The lowest BCUT2D eigenvalue weighted by Gasteiger charge is -2.02. The van der Waals surface area contributed by atoms with E-state index in [2.05, 4.69) is 6.58 Å². The maximum Gasteiger partial charge on any atom is 0.342 e. The number of carbonyl (C=O) groups is 1. The fourth-order valence-electron chi connectivity index (χ4n) is 0.859. The lowest BCUT2D eigenvalue weighted by Crippen LogP contribution is -2.04. The summed E-state index contributed by atoms with van der Waals surface area (Å²) in [5, 5.41) is 9.25. The van der Waals surface area contributed by atoms with Crippen molar-refractivity contribution in [1.82, 2.24) is 0 Å². The second kappa shape index (κ2) is 5.86. The zero-order chi connectivity index (χ0) is 9.68. The first-order chi connectivity index (χ1) is 6.25. The summed E-state index contributed by atoms with van der Waals surface area (Å²) in [5.41, 5.74) is 0.171. The molecule has 74 valence electrons.